The lowest BCUT2D eigenvalue weighted by Gasteiger charge is -2.10. The van der Waals surface area contributed by atoms with Crippen molar-refractivity contribution in [1.29, 1.82) is 0 Å². The van der Waals surface area contributed by atoms with Crippen molar-refractivity contribution in [3.8, 4) is 0 Å². The lowest BCUT2D eigenvalue weighted by atomic mass is 10.3. The van der Waals surface area contributed by atoms with Crippen molar-refractivity contribution < 1.29 is 4.79 Å². The van der Waals surface area contributed by atoms with Gasteiger partial charge in [0.1, 0.15) is 0 Å². The minimum absolute atomic E-state index is 0.104. The molecule has 2 aromatic carbocycles. The first-order valence-corrected chi connectivity index (χ1v) is 10.00. The summed E-state index contributed by atoms with van der Waals surface area (Å²) in [5.41, 5.74) is 0.793. The van der Waals surface area contributed by atoms with Crippen LogP contribution in [0.25, 0.3) is 5.78 Å². The maximum atomic E-state index is 12.4. The summed E-state index contributed by atoms with van der Waals surface area (Å²) in [7, 11) is 0. The van der Waals surface area contributed by atoms with Crippen LogP contribution in [0.2, 0.25) is 0 Å². The minimum Gasteiger partial charge on any atom is -0.324 e. The summed E-state index contributed by atoms with van der Waals surface area (Å²) in [6.07, 6.45) is 3.43. The summed E-state index contributed by atoms with van der Waals surface area (Å²) in [6, 6.07) is 19.6. The normalized spacial score (nSPS) is 10.8. The molecule has 0 unspecified atom stereocenters. The first-order chi connectivity index (χ1) is 13.3. The highest BCUT2D eigenvalue weighted by atomic mass is 32.2. The number of amides is 1. The predicted molar refractivity (Wildman–Crippen MR) is 107 cm³/mol. The number of carbonyl (C=O) groups excluding carboxylic acids is 1. The van der Waals surface area contributed by atoms with E-state index >= 15 is 0 Å². The van der Waals surface area contributed by atoms with Gasteiger partial charge in [-0.1, -0.05) is 53.9 Å². The molecule has 0 aliphatic carbocycles. The van der Waals surface area contributed by atoms with E-state index in [9.17, 15) is 4.79 Å². The van der Waals surface area contributed by atoms with Crippen LogP contribution in [0.5, 0.6) is 0 Å². The van der Waals surface area contributed by atoms with E-state index in [1.54, 1.807) is 34.7 Å². The lowest BCUT2D eigenvalue weighted by molar-refractivity contribution is -0.113. The van der Waals surface area contributed by atoms with E-state index in [-0.39, 0.29) is 11.7 Å². The van der Waals surface area contributed by atoms with Gasteiger partial charge in [0.25, 0.3) is 5.78 Å². The predicted octanol–water partition coefficient (Wildman–Crippen LogP) is 4.01. The van der Waals surface area contributed by atoms with Gasteiger partial charge in [0, 0.05) is 22.2 Å². The highest BCUT2D eigenvalue weighted by Crippen LogP contribution is 2.33. The summed E-state index contributed by atoms with van der Waals surface area (Å²) < 4.78 is 1.59. The lowest BCUT2D eigenvalue weighted by Crippen LogP contribution is -2.14. The molecule has 8 heteroatoms. The Bertz CT molecular complexity index is 1030. The number of hydrogen-bond donors (Lipinski definition) is 1. The molecule has 0 bridgehead atoms. The third kappa shape index (κ3) is 4.47. The monoisotopic (exact) mass is 393 g/mol. The van der Waals surface area contributed by atoms with Crippen LogP contribution in [0.4, 0.5) is 5.69 Å². The van der Waals surface area contributed by atoms with Gasteiger partial charge in [0.05, 0.1) is 11.4 Å². The van der Waals surface area contributed by atoms with Gasteiger partial charge in [-0.15, -0.1) is 5.10 Å². The number of fused-ring (bicyclic) bond motifs is 1. The zero-order chi connectivity index (χ0) is 18.5. The van der Waals surface area contributed by atoms with Crippen molar-refractivity contribution in [2.24, 2.45) is 0 Å². The molecule has 0 aliphatic heterocycles. The Morgan fingerprint density at radius 1 is 1.04 bits per heavy atom. The maximum absolute atomic E-state index is 12.4. The number of anilines is 1. The summed E-state index contributed by atoms with van der Waals surface area (Å²) >= 11 is 2.90. The molecule has 0 saturated heterocycles. The molecule has 0 radical (unpaired) electrons. The molecule has 4 rings (SSSR count). The van der Waals surface area contributed by atoms with Crippen molar-refractivity contribution in [3.63, 3.8) is 0 Å². The van der Waals surface area contributed by atoms with E-state index in [2.05, 4.69) is 20.4 Å². The van der Waals surface area contributed by atoms with Crippen LogP contribution in [0.15, 0.2) is 88.0 Å². The number of thioether (sulfide) groups is 1. The molecule has 0 spiro atoms. The van der Waals surface area contributed by atoms with Gasteiger partial charge < -0.3 is 5.32 Å². The van der Waals surface area contributed by atoms with Crippen molar-refractivity contribution in [2.45, 2.75) is 14.9 Å². The van der Waals surface area contributed by atoms with Crippen LogP contribution >= 0.6 is 23.5 Å². The number of nitrogens with one attached hydrogen (secondary N) is 1. The van der Waals surface area contributed by atoms with Gasteiger partial charge in [-0.2, -0.15) is 4.98 Å². The first-order valence-electron chi connectivity index (χ1n) is 8.20. The molecule has 1 N–H and O–H groups in total. The van der Waals surface area contributed by atoms with Gasteiger partial charge in [-0.05, 0) is 30.3 Å². The molecular formula is C19H15N5OS2. The van der Waals surface area contributed by atoms with Crippen LogP contribution in [-0.4, -0.2) is 31.2 Å². The van der Waals surface area contributed by atoms with Crippen molar-refractivity contribution in [1.82, 2.24) is 19.6 Å². The molecule has 2 heterocycles. The Kier molecular flexibility index (Phi) is 5.36. The fourth-order valence-electron chi connectivity index (χ4n) is 2.37. The number of benzene rings is 2. The van der Waals surface area contributed by atoms with Gasteiger partial charge in [-0.25, -0.2) is 9.50 Å². The van der Waals surface area contributed by atoms with E-state index in [4.69, 9.17) is 0 Å². The summed E-state index contributed by atoms with van der Waals surface area (Å²) in [4.78, 5) is 22.9. The first kappa shape index (κ1) is 17.6. The molecule has 1 amide bonds. The fraction of sp³-hybridized carbons (Fsp3) is 0.0526. The number of rotatable bonds is 6. The smallest absolute Gasteiger partial charge is 0.253 e. The van der Waals surface area contributed by atoms with E-state index in [0.29, 0.717) is 10.9 Å². The summed E-state index contributed by atoms with van der Waals surface area (Å²) in [6.45, 7) is 0. The van der Waals surface area contributed by atoms with E-state index in [1.807, 2.05) is 54.6 Å². The van der Waals surface area contributed by atoms with Crippen LogP contribution < -0.4 is 5.32 Å². The Morgan fingerprint density at radius 2 is 1.85 bits per heavy atom. The molecule has 0 atom stereocenters. The fourth-order valence-corrected chi connectivity index (χ4v) is 3.91. The second kappa shape index (κ2) is 8.24. The van der Waals surface area contributed by atoms with Crippen LogP contribution in [0.1, 0.15) is 0 Å². The van der Waals surface area contributed by atoms with E-state index in [0.717, 1.165) is 15.5 Å². The number of aromatic nitrogens is 4. The summed E-state index contributed by atoms with van der Waals surface area (Å²) in [5.74, 6) is 0.638. The molecule has 2 aromatic heterocycles. The third-order valence-corrected chi connectivity index (χ3v) is 5.48. The minimum atomic E-state index is -0.104. The highest BCUT2D eigenvalue weighted by Gasteiger charge is 2.11. The largest absolute Gasteiger partial charge is 0.324 e. The third-order valence-electron chi connectivity index (χ3n) is 3.56. The molecule has 27 heavy (non-hydrogen) atoms. The van der Waals surface area contributed by atoms with Crippen molar-refractivity contribution in [3.05, 3.63) is 73.1 Å². The Morgan fingerprint density at radius 3 is 2.70 bits per heavy atom. The van der Waals surface area contributed by atoms with Gasteiger partial charge >= 0.3 is 0 Å². The van der Waals surface area contributed by atoms with Gasteiger partial charge in [0.2, 0.25) is 11.1 Å². The van der Waals surface area contributed by atoms with E-state index < -0.39 is 0 Å². The maximum Gasteiger partial charge on any atom is 0.253 e. The van der Waals surface area contributed by atoms with Crippen molar-refractivity contribution >= 4 is 40.9 Å². The molecule has 0 fully saturated rings. The second-order valence-electron chi connectivity index (χ2n) is 5.51. The van der Waals surface area contributed by atoms with Crippen LogP contribution in [0, 0.1) is 0 Å². The zero-order valence-electron chi connectivity index (χ0n) is 14.1. The molecular weight excluding hydrogens is 378 g/mol. The SMILES string of the molecule is O=C(CSc1nc2ncccn2n1)Nc1ccccc1Sc1ccccc1. The standard InChI is InChI=1S/C19H15N5OS2/c25-17(13-26-19-22-18-20-11-6-12-24(18)23-19)21-15-9-4-5-10-16(15)27-14-7-2-1-3-8-14/h1-12H,13H2,(H,21,25). The second-order valence-corrected chi connectivity index (χ2v) is 7.56. The van der Waals surface area contributed by atoms with Gasteiger partial charge in [0.15, 0.2) is 0 Å². The Hall–Kier alpha value is -2.84. The topological polar surface area (TPSA) is 72.2 Å². The average molecular weight is 393 g/mol. The Labute approximate surface area is 164 Å². The zero-order valence-corrected chi connectivity index (χ0v) is 15.8. The van der Waals surface area contributed by atoms with Crippen LogP contribution in [0.3, 0.4) is 0 Å². The summed E-state index contributed by atoms with van der Waals surface area (Å²) in [5, 5.41) is 7.79. The number of para-hydroxylation sites is 1. The molecule has 134 valence electrons. The van der Waals surface area contributed by atoms with Crippen LogP contribution in [-0.2, 0) is 4.79 Å². The highest BCUT2D eigenvalue weighted by molar-refractivity contribution is 8.00. The van der Waals surface area contributed by atoms with Gasteiger partial charge in [-0.3, -0.25) is 4.79 Å². The number of nitrogens with zero attached hydrogens (tertiary/aromatic N) is 4. The number of carbonyl (C=O) groups is 1. The van der Waals surface area contributed by atoms with E-state index in [1.165, 1.54) is 11.8 Å². The Balaban J connectivity index is 1.40. The average Bonchev–Trinajstić information content (AvgIpc) is 3.12. The van der Waals surface area contributed by atoms with Crippen molar-refractivity contribution in [2.75, 3.05) is 11.1 Å². The quantitative estimate of drug-likeness (QED) is 0.499. The molecule has 6 nitrogen and oxygen atoms in total. The molecule has 0 aliphatic rings. The molecule has 0 saturated carbocycles. The number of hydrogen-bond acceptors (Lipinski definition) is 6. The molecule has 4 aromatic rings.